The molecule has 1 N–H and O–H groups in total. The molecule has 0 saturated carbocycles. The Hall–Kier alpha value is -3.44. The van der Waals surface area contributed by atoms with Crippen molar-refractivity contribution >= 4 is 35.2 Å². The van der Waals surface area contributed by atoms with Crippen LogP contribution < -0.4 is 10.1 Å². The van der Waals surface area contributed by atoms with Crippen LogP contribution in [0.25, 0.3) is 10.4 Å². The molecule has 3 saturated heterocycles. The van der Waals surface area contributed by atoms with Crippen LogP contribution in [0.5, 0.6) is 5.06 Å². The van der Waals surface area contributed by atoms with Crippen LogP contribution in [-0.4, -0.2) is 96.0 Å². The normalized spacial score (nSPS) is 21.7. The first-order valence-corrected chi connectivity index (χ1v) is 14.2. The Morgan fingerprint density at radius 3 is 2.51 bits per heavy atom. The number of benzene rings is 1. The minimum atomic E-state index is -0.846. The lowest BCUT2D eigenvalue weighted by Gasteiger charge is -2.33. The van der Waals surface area contributed by atoms with E-state index in [4.69, 9.17) is 9.47 Å². The zero-order valence-electron chi connectivity index (χ0n) is 22.2. The second-order valence-corrected chi connectivity index (χ2v) is 11.6. The van der Waals surface area contributed by atoms with E-state index in [1.807, 2.05) is 50.2 Å². The van der Waals surface area contributed by atoms with E-state index >= 15 is 0 Å². The number of urea groups is 1. The highest BCUT2D eigenvalue weighted by molar-refractivity contribution is 7.17. The molecule has 208 valence electrons. The topological polar surface area (TPSA) is 108 Å². The van der Waals surface area contributed by atoms with Crippen LogP contribution in [0.4, 0.5) is 9.59 Å². The molecule has 10 nitrogen and oxygen atoms in total. The summed E-state index contributed by atoms with van der Waals surface area (Å²) in [6.07, 6.45) is 0.203. The summed E-state index contributed by atoms with van der Waals surface area (Å²) in [7, 11) is 0. The number of ketones is 1. The largest absolute Gasteiger partial charge is 0.414 e. The van der Waals surface area contributed by atoms with Crippen LogP contribution in [0.1, 0.15) is 26.7 Å². The molecule has 0 bridgehead atoms. The molecule has 1 aromatic carbocycles. The van der Waals surface area contributed by atoms with E-state index < -0.39 is 18.2 Å². The predicted octanol–water partition coefficient (Wildman–Crippen LogP) is 3.22. The molecule has 0 radical (unpaired) electrons. The van der Waals surface area contributed by atoms with Gasteiger partial charge in [-0.15, -0.1) is 0 Å². The van der Waals surface area contributed by atoms with Gasteiger partial charge in [-0.1, -0.05) is 55.5 Å². The van der Waals surface area contributed by atoms with E-state index in [1.54, 1.807) is 20.8 Å². The number of morpholine rings is 1. The highest BCUT2D eigenvalue weighted by atomic mass is 32.1. The van der Waals surface area contributed by atoms with Gasteiger partial charge in [0.2, 0.25) is 5.91 Å². The number of carbonyl (C=O) groups excluding carboxylic acids is 4. The number of fused-ring (bicyclic) bond motifs is 1. The zero-order valence-corrected chi connectivity index (χ0v) is 23.0. The van der Waals surface area contributed by atoms with Gasteiger partial charge in [0.25, 0.3) is 0 Å². The van der Waals surface area contributed by atoms with Crippen LogP contribution in [0.3, 0.4) is 0 Å². The molecule has 0 aliphatic carbocycles. The molecule has 5 rings (SSSR count). The van der Waals surface area contributed by atoms with Gasteiger partial charge in [-0.25, -0.2) is 9.59 Å². The Bertz CT molecular complexity index is 1210. The fourth-order valence-corrected chi connectivity index (χ4v) is 6.41. The van der Waals surface area contributed by atoms with Crippen molar-refractivity contribution in [3.8, 4) is 15.5 Å². The molecule has 11 heteroatoms. The monoisotopic (exact) mass is 554 g/mol. The number of Topliss-reactive ketones (excluding diaryl/α,β-unsaturated/α-hetero) is 1. The van der Waals surface area contributed by atoms with Crippen molar-refractivity contribution in [3.05, 3.63) is 42.5 Å². The molecule has 3 aliphatic rings. The van der Waals surface area contributed by atoms with Crippen LogP contribution in [0.2, 0.25) is 0 Å². The van der Waals surface area contributed by atoms with Crippen molar-refractivity contribution in [2.24, 2.45) is 5.92 Å². The van der Waals surface area contributed by atoms with Gasteiger partial charge in [0.1, 0.15) is 12.1 Å². The van der Waals surface area contributed by atoms with Gasteiger partial charge >= 0.3 is 12.1 Å². The fraction of sp³-hybridized carbons (Fsp3) is 0.500. The molecule has 2 aromatic rings. The molecule has 3 fully saturated rings. The molecule has 3 atom stereocenters. The van der Waals surface area contributed by atoms with E-state index in [-0.39, 0.29) is 36.2 Å². The van der Waals surface area contributed by atoms with Crippen molar-refractivity contribution in [2.45, 2.75) is 44.8 Å². The summed E-state index contributed by atoms with van der Waals surface area (Å²) < 4.78 is 10.9. The highest BCUT2D eigenvalue weighted by Gasteiger charge is 2.53. The van der Waals surface area contributed by atoms with Crippen LogP contribution in [0, 0.1) is 5.92 Å². The van der Waals surface area contributed by atoms with Crippen LogP contribution in [-0.2, 0) is 14.3 Å². The molecule has 3 unspecified atom stereocenters. The standard InChI is InChI=1S/C28H34N4O6S/c1-18(2)16-20(29-27(35)38-24-9-8-23(39-24)19-6-4-3-5-7-19)26(34)31-11-10-21-25(31)22(33)17-32(21)28(36)30-12-14-37-15-13-30/h3-9,18,20-21,25H,10-17H2,1-2H3,(H,29,35). The molecule has 3 aliphatic heterocycles. The fourth-order valence-electron chi connectivity index (χ4n) is 5.55. The quantitative estimate of drug-likeness (QED) is 0.588. The van der Waals surface area contributed by atoms with Gasteiger partial charge in [-0.2, -0.15) is 0 Å². The van der Waals surface area contributed by atoms with Crippen molar-refractivity contribution in [2.75, 3.05) is 39.4 Å². The minimum Gasteiger partial charge on any atom is -0.399 e. The second kappa shape index (κ2) is 11.7. The average molecular weight is 555 g/mol. The summed E-state index contributed by atoms with van der Waals surface area (Å²) >= 11 is 1.34. The summed E-state index contributed by atoms with van der Waals surface area (Å²) in [5.41, 5.74) is 1.02. The van der Waals surface area contributed by atoms with Crippen LogP contribution in [0.15, 0.2) is 42.5 Å². The van der Waals surface area contributed by atoms with E-state index in [0.29, 0.717) is 50.8 Å². The number of carbonyl (C=O) groups is 4. The van der Waals surface area contributed by atoms with Gasteiger partial charge in [0, 0.05) is 24.5 Å². The smallest absolute Gasteiger partial charge is 0.399 e. The number of hydrogen-bond acceptors (Lipinski definition) is 7. The minimum absolute atomic E-state index is 0.0122. The van der Waals surface area contributed by atoms with Gasteiger partial charge < -0.3 is 29.5 Å². The zero-order chi connectivity index (χ0) is 27.5. The first kappa shape index (κ1) is 27.1. The maximum Gasteiger partial charge on any atom is 0.414 e. The van der Waals surface area contributed by atoms with Crippen LogP contribution >= 0.6 is 11.3 Å². The number of hydrogen-bond donors (Lipinski definition) is 1. The Morgan fingerprint density at radius 1 is 1.05 bits per heavy atom. The Balaban J connectivity index is 1.24. The van der Waals surface area contributed by atoms with E-state index in [1.165, 1.54) is 11.3 Å². The lowest BCUT2D eigenvalue weighted by molar-refractivity contribution is -0.138. The number of nitrogens with zero attached hydrogens (tertiary/aromatic N) is 3. The molecular formula is C28H34N4O6S. The van der Waals surface area contributed by atoms with Gasteiger partial charge in [-0.05, 0) is 36.5 Å². The number of likely N-dealkylation sites (tertiary alicyclic amines) is 2. The lowest BCUT2D eigenvalue weighted by Crippen LogP contribution is -2.53. The molecule has 39 heavy (non-hydrogen) atoms. The number of thiophene rings is 1. The Kier molecular flexibility index (Phi) is 8.18. The van der Waals surface area contributed by atoms with Crippen molar-refractivity contribution < 1.29 is 28.7 Å². The third kappa shape index (κ3) is 5.94. The summed E-state index contributed by atoms with van der Waals surface area (Å²) in [6, 6.07) is 11.3. The van der Waals surface area contributed by atoms with Crippen molar-refractivity contribution in [1.82, 2.24) is 20.0 Å². The summed E-state index contributed by atoms with van der Waals surface area (Å²) in [4.78, 5) is 58.5. The summed E-state index contributed by atoms with van der Waals surface area (Å²) in [5, 5.41) is 3.17. The van der Waals surface area contributed by atoms with E-state index in [0.717, 1.165) is 10.4 Å². The number of nitrogens with one attached hydrogen (secondary N) is 1. The average Bonchev–Trinajstić information content (AvgIpc) is 3.66. The molecule has 4 amide bonds. The third-order valence-electron chi connectivity index (χ3n) is 7.36. The highest BCUT2D eigenvalue weighted by Crippen LogP contribution is 2.34. The SMILES string of the molecule is CC(C)CC(NC(=O)Oc1ccc(-c2ccccc2)s1)C(=O)N1CCC2C1C(=O)CN2C(=O)N1CCOCC1. The Labute approximate surface area is 231 Å². The first-order valence-electron chi connectivity index (χ1n) is 13.4. The number of amides is 4. The van der Waals surface area contributed by atoms with Gasteiger partial charge in [0.05, 0.1) is 25.8 Å². The number of rotatable bonds is 6. The first-order chi connectivity index (χ1) is 18.8. The second-order valence-electron chi connectivity index (χ2n) is 10.5. The van der Waals surface area contributed by atoms with E-state index in [9.17, 15) is 19.2 Å². The summed E-state index contributed by atoms with van der Waals surface area (Å²) in [6.45, 7) is 6.20. The van der Waals surface area contributed by atoms with Gasteiger partial charge in [0.15, 0.2) is 10.8 Å². The lowest BCUT2D eigenvalue weighted by atomic mass is 10.0. The maximum atomic E-state index is 13.7. The maximum absolute atomic E-state index is 13.7. The third-order valence-corrected chi connectivity index (χ3v) is 8.38. The Morgan fingerprint density at radius 2 is 1.79 bits per heavy atom. The van der Waals surface area contributed by atoms with Gasteiger partial charge in [-0.3, -0.25) is 9.59 Å². The molecule has 0 spiro atoms. The van der Waals surface area contributed by atoms with E-state index in [2.05, 4.69) is 5.32 Å². The van der Waals surface area contributed by atoms with Crippen molar-refractivity contribution in [3.63, 3.8) is 0 Å². The molecule has 1 aromatic heterocycles. The summed E-state index contributed by atoms with van der Waals surface area (Å²) in [5.74, 6) is -0.355. The number of ether oxygens (including phenoxy) is 2. The predicted molar refractivity (Wildman–Crippen MR) is 146 cm³/mol. The van der Waals surface area contributed by atoms with Crippen molar-refractivity contribution in [1.29, 1.82) is 0 Å². The molecular weight excluding hydrogens is 520 g/mol. The molecule has 4 heterocycles.